The summed E-state index contributed by atoms with van der Waals surface area (Å²) in [7, 11) is 0. The number of nitrogens with one attached hydrogen (secondary N) is 1. The van der Waals surface area contributed by atoms with Crippen LogP contribution in [0.1, 0.15) is 17.9 Å². The molecule has 2 heterocycles. The van der Waals surface area contributed by atoms with Crippen LogP contribution >= 0.6 is 11.3 Å². The fourth-order valence-electron chi connectivity index (χ4n) is 2.24. The Hall–Kier alpha value is -2.67. The third-order valence-corrected chi connectivity index (χ3v) is 4.26. The van der Waals surface area contributed by atoms with Crippen LogP contribution in [0.2, 0.25) is 0 Å². The van der Waals surface area contributed by atoms with Crippen LogP contribution in [0, 0.1) is 6.92 Å². The number of carbonyl (C=O) groups excluding carboxylic acids is 1. The van der Waals surface area contributed by atoms with Gasteiger partial charge in [-0.05, 0) is 30.0 Å². The van der Waals surface area contributed by atoms with E-state index < -0.39 is 0 Å². The van der Waals surface area contributed by atoms with Crippen molar-refractivity contribution in [2.75, 3.05) is 13.2 Å². The lowest BCUT2D eigenvalue weighted by molar-refractivity contribution is -0.121. The van der Waals surface area contributed by atoms with E-state index in [4.69, 9.17) is 9.15 Å². The molecule has 0 aliphatic heterocycles. The number of thiophene rings is 1. The minimum Gasteiger partial charge on any atom is -0.491 e. The molecule has 6 nitrogen and oxygen atoms in total. The molecule has 130 valence electrons. The maximum absolute atomic E-state index is 11.9. The number of hydrogen-bond donors (Lipinski definition) is 1. The average Bonchev–Trinajstić information content (AvgIpc) is 3.29. The number of aryl methyl sites for hydroxylation is 2. The van der Waals surface area contributed by atoms with E-state index in [1.165, 1.54) is 0 Å². The smallest absolute Gasteiger partial charge is 0.248 e. The van der Waals surface area contributed by atoms with Crippen LogP contribution in [0.15, 0.2) is 45.5 Å². The summed E-state index contributed by atoms with van der Waals surface area (Å²) in [6, 6.07) is 9.71. The minimum atomic E-state index is -0.0660. The molecule has 0 aliphatic carbocycles. The highest BCUT2D eigenvalue weighted by Crippen LogP contribution is 2.20. The normalized spacial score (nSPS) is 10.6. The summed E-state index contributed by atoms with van der Waals surface area (Å²) in [5, 5.41) is 14.7. The van der Waals surface area contributed by atoms with Gasteiger partial charge in [-0.2, -0.15) is 11.3 Å². The first-order valence-electron chi connectivity index (χ1n) is 8.02. The van der Waals surface area contributed by atoms with Gasteiger partial charge in [-0.15, -0.1) is 10.2 Å². The second-order valence-corrected chi connectivity index (χ2v) is 6.26. The SMILES string of the molecule is Cc1ccccc1OCCNC(=O)CCc1nnc(-c2ccsc2)o1. The topological polar surface area (TPSA) is 77.2 Å². The number of carbonyl (C=O) groups is 1. The van der Waals surface area contributed by atoms with Crippen molar-refractivity contribution in [2.45, 2.75) is 19.8 Å². The quantitative estimate of drug-likeness (QED) is 0.626. The number of amides is 1. The molecule has 1 aromatic carbocycles. The molecule has 25 heavy (non-hydrogen) atoms. The van der Waals surface area contributed by atoms with E-state index in [2.05, 4.69) is 15.5 Å². The number of hydrogen-bond acceptors (Lipinski definition) is 6. The standard InChI is InChI=1S/C18H19N3O3S/c1-13-4-2-3-5-15(13)23-10-9-19-16(22)6-7-17-20-21-18(24-17)14-8-11-25-12-14/h2-5,8,11-12H,6-7,9-10H2,1H3,(H,19,22). The average molecular weight is 357 g/mol. The van der Waals surface area contributed by atoms with Crippen LogP contribution in [0.25, 0.3) is 11.5 Å². The molecule has 2 aromatic heterocycles. The molecule has 1 N–H and O–H groups in total. The zero-order valence-corrected chi connectivity index (χ0v) is 14.7. The highest BCUT2D eigenvalue weighted by Gasteiger charge is 2.10. The van der Waals surface area contributed by atoms with Gasteiger partial charge < -0.3 is 14.5 Å². The Labute approximate surface area is 149 Å². The van der Waals surface area contributed by atoms with Crippen molar-refractivity contribution in [3.63, 3.8) is 0 Å². The summed E-state index contributed by atoms with van der Waals surface area (Å²) in [5.74, 6) is 1.73. The van der Waals surface area contributed by atoms with E-state index in [1.807, 2.05) is 48.0 Å². The Balaban J connectivity index is 1.36. The molecular formula is C18H19N3O3S. The second-order valence-electron chi connectivity index (χ2n) is 5.48. The summed E-state index contributed by atoms with van der Waals surface area (Å²) < 4.78 is 11.2. The van der Waals surface area contributed by atoms with Crippen molar-refractivity contribution < 1.29 is 13.9 Å². The van der Waals surface area contributed by atoms with E-state index in [0.717, 1.165) is 16.9 Å². The molecule has 3 aromatic rings. The maximum Gasteiger partial charge on any atom is 0.248 e. The summed E-state index contributed by atoms with van der Waals surface area (Å²) in [6.07, 6.45) is 0.720. The van der Waals surface area contributed by atoms with Gasteiger partial charge in [0.1, 0.15) is 12.4 Å². The van der Waals surface area contributed by atoms with Crippen molar-refractivity contribution in [1.29, 1.82) is 0 Å². The van der Waals surface area contributed by atoms with E-state index in [1.54, 1.807) is 11.3 Å². The Bertz CT molecular complexity index is 815. The summed E-state index contributed by atoms with van der Waals surface area (Å²) in [5.41, 5.74) is 1.98. The summed E-state index contributed by atoms with van der Waals surface area (Å²) >= 11 is 1.57. The minimum absolute atomic E-state index is 0.0660. The number of aromatic nitrogens is 2. The predicted molar refractivity (Wildman–Crippen MR) is 95.6 cm³/mol. The number of rotatable bonds is 8. The third-order valence-electron chi connectivity index (χ3n) is 3.58. The van der Waals surface area contributed by atoms with E-state index in [-0.39, 0.29) is 5.91 Å². The maximum atomic E-state index is 11.9. The van der Waals surface area contributed by atoms with Gasteiger partial charge in [-0.3, -0.25) is 4.79 Å². The zero-order valence-electron chi connectivity index (χ0n) is 13.9. The lowest BCUT2D eigenvalue weighted by Gasteiger charge is -2.09. The molecule has 3 rings (SSSR count). The predicted octanol–water partition coefficient (Wildman–Crippen LogP) is 3.23. The fraction of sp³-hybridized carbons (Fsp3) is 0.278. The van der Waals surface area contributed by atoms with Crippen molar-refractivity contribution in [1.82, 2.24) is 15.5 Å². The molecule has 0 spiro atoms. The second kappa shape index (κ2) is 8.43. The lowest BCUT2D eigenvalue weighted by Crippen LogP contribution is -2.28. The van der Waals surface area contributed by atoms with Crippen LogP contribution in [0.3, 0.4) is 0 Å². The molecule has 0 fully saturated rings. The Morgan fingerprint density at radius 2 is 2.16 bits per heavy atom. The van der Waals surface area contributed by atoms with Crippen molar-refractivity contribution in [3.05, 3.63) is 52.5 Å². The Morgan fingerprint density at radius 3 is 2.96 bits per heavy atom. The number of para-hydroxylation sites is 1. The fourth-order valence-corrected chi connectivity index (χ4v) is 2.87. The Kier molecular flexibility index (Phi) is 5.79. The third kappa shape index (κ3) is 4.90. The van der Waals surface area contributed by atoms with Gasteiger partial charge in [0, 0.05) is 23.8 Å². The number of nitrogens with zero attached hydrogens (tertiary/aromatic N) is 2. The highest BCUT2D eigenvalue weighted by atomic mass is 32.1. The molecule has 1 amide bonds. The number of benzene rings is 1. The largest absolute Gasteiger partial charge is 0.491 e. The van der Waals surface area contributed by atoms with E-state index >= 15 is 0 Å². The first kappa shape index (κ1) is 17.2. The Morgan fingerprint density at radius 1 is 1.28 bits per heavy atom. The van der Waals surface area contributed by atoms with Crippen molar-refractivity contribution >= 4 is 17.2 Å². The van der Waals surface area contributed by atoms with Crippen LogP contribution in [0.5, 0.6) is 5.75 Å². The highest BCUT2D eigenvalue weighted by molar-refractivity contribution is 7.08. The lowest BCUT2D eigenvalue weighted by atomic mass is 10.2. The van der Waals surface area contributed by atoms with Crippen LogP contribution < -0.4 is 10.1 Å². The molecule has 0 saturated heterocycles. The zero-order chi connectivity index (χ0) is 17.5. The molecule has 0 saturated carbocycles. The molecule has 7 heteroatoms. The number of ether oxygens (including phenoxy) is 1. The molecule has 0 aliphatic rings. The van der Waals surface area contributed by atoms with Gasteiger partial charge in [-0.25, -0.2) is 0 Å². The molecule has 0 bridgehead atoms. The van der Waals surface area contributed by atoms with Gasteiger partial charge in [0.25, 0.3) is 0 Å². The van der Waals surface area contributed by atoms with Gasteiger partial charge in [0.2, 0.25) is 17.7 Å². The monoisotopic (exact) mass is 357 g/mol. The van der Waals surface area contributed by atoms with Crippen LogP contribution in [-0.4, -0.2) is 29.3 Å². The summed E-state index contributed by atoms with van der Waals surface area (Å²) in [6.45, 7) is 2.87. The molecular weight excluding hydrogens is 338 g/mol. The van der Waals surface area contributed by atoms with Crippen LogP contribution in [-0.2, 0) is 11.2 Å². The molecule has 0 atom stereocenters. The van der Waals surface area contributed by atoms with Gasteiger partial charge >= 0.3 is 0 Å². The van der Waals surface area contributed by atoms with Gasteiger partial charge in [-0.1, -0.05) is 18.2 Å². The van der Waals surface area contributed by atoms with Gasteiger partial charge in [0.15, 0.2) is 0 Å². The van der Waals surface area contributed by atoms with Crippen LogP contribution in [0.4, 0.5) is 0 Å². The van der Waals surface area contributed by atoms with Crippen molar-refractivity contribution in [3.8, 4) is 17.2 Å². The van der Waals surface area contributed by atoms with E-state index in [0.29, 0.717) is 37.8 Å². The first-order valence-corrected chi connectivity index (χ1v) is 8.97. The van der Waals surface area contributed by atoms with Crippen molar-refractivity contribution in [2.24, 2.45) is 0 Å². The molecule has 0 radical (unpaired) electrons. The van der Waals surface area contributed by atoms with E-state index in [9.17, 15) is 4.79 Å². The first-order chi connectivity index (χ1) is 12.2. The summed E-state index contributed by atoms with van der Waals surface area (Å²) in [4.78, 5) is 11.9. The molecule has 0 unspecified atom stereocenters. The van der Waals surface area contributed by atoms with Gasteiger partial charge in [0.05, 0.1) is 6.54 Å².